The van der Waals surface area contributed by atoms with Crippen molar-refractivity contribution in [3.05, 3.63) is 88.4 Å². The number of nitrogens with one attached hydrogen (secondary N) is 1. The SMILES string of the molecule is CCS(=O)(=O)N(CC(=O)N(Cc1ccc(Br)cc1)C(Cc1ccccc1)C(=O)NC)c1ccc2c(c1)OCO2. The van der Waals surface area contributed by atoms with E-state index >= 15 is 0 Å². The number of sulfonamides is 1. The molecule has 1 heterocycles. The summed E-state index contributed by atoms with van der Waals surface area (Å²) in [7, 11) is -2.35. The van der Waals surface area contributed by atoms with Gasteiger partial charge in [0.1, 0.15) is 12.6 Å². The highest BCUT2D eigenvalue weighted by Gasteiger charge is 2.33. The van der Waals surface area contributed by atoms with Gasteiger partial charge >= 0.3 is 0 Å². The van der Waals surface area contributed by atoms with Gasteiger partial charge in [-0.05, 0) is 42.3 Å². The van der Waals surface area contributed by atoms with Gasteiger partial charge in [-0.25, -0.2) is 8.42 Å². The van der Waals surface area contributed by atoms with Crippen LogP contribution in [0.3, 0.4) is 0 Å². The number of hydrogen-bond acceptors (Lipinski definition) is 6. The van der Waals surface area contributed by atoms with Gasteiger partial charge in [-0.3, -0.25) is 13.9 Å². The third-order valence-electron chi connectivity index (χ3n) is 6.41. The molecule has 0 spiro atoms. The van der Waals surface area contributed by atoms with Crippen LogP contribution in [0.4, 0.5) is 5.69 Å². The second-order valence-electron chi connectivity index (χ2n) is 8.91. The summed E-state index contributed by atoms with van der Waals surface area (Å²) < 4.78 is 39.1. The van der Waals surface area contributed by atoms with Crippen LogP contribution in [0.2, 0.25) is 0 Å². The van der Waals surface area contributed by atoms with Crippen LogP contribution in [-0.2, 0) is 32.6 Å². The Morgan fingerprint density at radius 2 is 1.67 bits per heavy atom. The van der Waals surface area contributed by atoms with Gasteiger partial charge in [0.05, 0.1) is 11.4 Å². The average Bonchev–Trinajstić information content (AvgIpc) is 3.42. The Labute approximate surface area is 236 Å². The molecule has 3 aromatic carbocycles. The average molecular weight is 617 g/mol. The fourth-order valence-electron chi connectivity index (χ4n) is 4.27. The molecular weight excluding hydrogens is 586 g/mol. The van der Waals surface area contributed by atoms with E-state index in [2.05, 4.69) is 21.2 Å². The van der Waals surface area contributed by atoms with E-state index in [1.807, 2.05) is 54.6 Å². The van der Waals surface area contributed by atoms with E-state index < -0.39 is 28.5 Å². The number of fused-ring (bicyclic) bond motifs is 1. The number of rotatable bonds is 11. The molecule has 0 saturated carbocycles. The van der Waals surface area contributed by atoms with Crippen molar-refractivity contribution in [2.45, 2.75) is 25.9 Å². The van der Waals surface area contributed by atoms with E-state index in [1.54, 1.807) is 18.2 Å². The number of likely N-dealkylation sites (N-methyl/N-ethyl adjacent to an activating group) is 1. The number of anilines is 1. The summed E-state index contributed by atoms with van der Waals surface area (Å²) in [6, 6.07) is 20.7. The quantitative estimate of drug-likeness (QED) is 0.352. The Hall–Kier alpha value is -3.57. The molecule has 0 aliphatic carbocycles. The molecule has 0 bridgehead atoms. The molecule has 0 fully saturated rings. The number of carbonyl (C=O) groups excluding carboxylic acids is 2. The molecule has 1 unspecified atom stereocenters. The van der Waals surface area contributed by atoms with Crippen molar-refractivity contribution < 1.29 is 27.5 Å². The van der Waals surface area contributed by atoms with Crippen LogP contribution in [0.15, 0.2) is 77.3 Å². The van der Waals surface area contributed by atoms with E-state index in [1.165, 1.54) is 18.9 Å². The summed E-state index contributed by atoms with van der Waals surface area (Å²) in [4.78, 5) is 28.6. The van der Waals surface area contributed by atoms with Crippen molar-refractivity contribution in [2.75, 3.05) is 30.4 Å². The van der Waals surface area contributed by atoms with Gasteiger partial charge in [0.15, 0.2) is 11.5 Å². The lowest BCUT2D eigenvalue weighted by molar-refractivity contribution is -0.139. The first-order chi connectivity index (χ1) is 18.7. The smallest absolute Gasteiger partial charge is 0.244 e. The number of halogens is 1. The summed E-state index contributed by atoms with van der Waals surface area (Å²) in [5, 5.41) is 2.67. The largest absolute Gasteiger partial charge is 0.454 e. The number of amides is 2. The number of carbonyl (C=O) groups is 2. The second kappa shape index (κ2) is 12.5. The lowest BCUT2D eigenvalue weighted by Crippen LogP contribution is -2.53. The monoisotopic (exact) mass is 615 g/mol. The molecule has 2 amide bonds. The molecule has 1 aliphatic rings. The Kier molecular flexibility index (Phi) is 9.13. The van der Waals surface area contributed by atoms with Crippen LogP contribution in [0.25, 0.3) is 0 Å². The van der Waals surface area contributed by atoms with Crippen molar-refractivity contribution in [3.8, 4) is 11.5 Å². The van der Waals surface area contributed by atoms with E-state index in [9.17, 15) is 18.0 Å². The molecule has 1 atom stereocenters. The predicted octanol–water partition coefficient (Wildman–Crippen LogP) is 3.72. The first kappa shape index (κ1) is 28.4. The molecule has 9 nitrogen and oxygen atoms in total. The van der Waals surface area contributed by atoms with E-state index in [0.29, 0.717) is 11.5 Å². The highest BCUT2D eigenvalue weighted by atomic mass is 79.9. The lowest BCUT2D eigenvalue weighted by atomic mass is 10.0. The molecule has 1 aliphatic heterocycles. The molecule has 1 N–H and O–H groups in total. The standard InChI is InChI=1S/C28H30BrN3O6S/c1-3-39(35,36)32(23-13-14-25-26(16-23)38-19-37-25)18-27(33)31(17-21-9-11-22(29)12-10-21)24(28(34)30-2)15-20-7-5-4-6-8-20/h4-14,16,24H,3,15,17-19H2,1-2H3,(H,30,34). The van der Waals surface area contributed by atoms with E-state index in [4.69, 9.17) is 9.47 Å². The van der Waals surface area contributed by atoms with Crippen LogP contribution >= 0.6 is 15.9 Å². The number of nitrogens with zero attached hydrogens (tertiary/aromatic N) is 2. The molecule has 39 heavy (non-hydrogen) atoms. The van der Waals surface area contributed by atoms with Gasteiger partial charge in [0.25, 0.3) is 0 Å². The summed E-state index contributed by atoms with van der Waals surface area (Å²) in [5.41, 5.74) is 1.94. The zero-order valence-corrected chi connectivity index (χ0v) is 24.1. The van der Waals surface area contributed by atoms with E-state index in [-0.39, 0.29) is 37.1 Å². The van der Waals surface area contributed by atoms with Crippen molar-refractivity contribution in [1.82, 2.24) is 10.2 Å². The van der Waals surface area contributed by atoms with Gasteiger partial charge in [0.2, 0.25) is 28.6 Å². The zero-order chi connectivity index (χ0) is 28.0. The minimum Gasteiger partial charge on any atom is -0.454 e. The maximum atomic E-state index is 14.0. The number of ether oxygens (including phenoxy) is 2. The van der Waals surface area contributed by atoms with Crippen molar-refractivity contribution in [1.29, 1.82) is 0 Å². The van der Waals surface area contributed by atoms with Crippen LogP contribution < -0.4 is 19.1 Å². The fourth-order valence-corrected chi connectivity index (χ4v) is 5.59. The Balaban J connectivity index is 1.72. The molecule has 0 radical (unpaired) electrons. The Bertz CT molecular complexity index is 1420. The Morgan fingerprint density at radius 1 is 0.974 bits per heavy atom. The molecular formula is C28H30BrN3O6S. The van der Waals surface area contributed by atoms with Gasteiger partial charge in [0, 0.05) is 30.6 Å². The summed E-state index contributed by atoms with van der Waals surface area (Å²) in [5.74, 6) is -0.187. The second-order valence-corrected chi connectivity index (χ2v) is 12.0. The first-order valence-electron chi connectivity index (χ1n) is 12.4. The van der Waals surface area contributed by atoms with Crippen LogP contribution in [-0.4, -0.2) is 57.3 Å². The normalized spacial score (nSPS) is 13.0. The lowest BCUT2D eigenvalue weighted by Gasteiger charge is -2.33. The molecule has 0 aromatic heterocycles. The minimum absolute atomic E-state index is 0.0342. The molecule has 3 aromatic rings. The maximum absolute atomic E-state index is 14.0. The molecule has 0 saturated heterocycles. The van der Waals surface area contributed by atoms with Crippen molar-refractivity contribution in [3.63, 3.8) is 0 Å². The molecule has 11 heteroatoms. The zero-order valence-electron chi connectivity index (χ0n) is 21.7. The van der Waals surface area contributed by atoms with E-state index in [0.717, 1.165) is 19.9 Å². The first-order valence-corrected chi connectivity index (χ1v) is 14.8. The van der Waals surface area contributed by atoms with Gasteiger partial charge < -0.3 is 19.7 Å². The van der Waals surface area contributed by atoms with Crippen LogP contribution in [0, 0.1) is 0 Å². The highest BCUT2D eigenvalue weighted by Crippen LogP contribution is 2.36. The highest BCUT2D eigenvalue weighted by molar-refractivity contribution is 9.10. The predicted molar refractivity (Wildman–Crippen MR) is 152 cm³/mol. The third kappa shape index (κ3) is 6.90. The minimum atomic E-state index is -3.87. The van der Waals surface area contributed by atoms with Crippen LogP contribution in [0.1, 0.15) is 18.1 Å². The molecule has 206 valence electrons. The topological polar surface area (TPSA) is 105 Å². The summed E-state index contributed by atoms with van der Waals surface area (Å²) in [6.45, 7) is 1.17. The number of hydrogen-bond donors (Lipinski definition) is 1. The molecule has 4 rings (SSSR count). The van der Waals surface area contributed by atoms with Gasteiger partial charge in [-0.15, -0.1) is 0 Å². The summed E-state index contributed by atoms with van der Waals surface area (Å²) in [6.07, 6.45) is 0.257. The number of benzene rings is 3. The van der Waals surface area contributed by atoms with Crippen molar-refractivity contribution >= 4 is 43.5 Å². The van der Waals surface area contributed by atoms with Crippen LogP contribution in [0.5, 0.6) is 11.5 Å². The fraction of sp³-hybridized carbons (Fsp3) is 0.286. The third-order valence-corrected chi connectivity index (χ3v) is 8.68. The van der Waals surface area contributed by atoms with Gasteiger partial charge in [-0.2, -0.15) is 0 Å². The summed E-state index contributed by atoms with van der Waals surface area (Å²) >= 11 is 3.42. The Morgan fingerprint density at radius 3 is 2.33 bits per heavy atom. The maximum Gasteiger partial charge on any atom is 0.244 e. The van der Waals surface area contributed by atoms with Gasteiger partial charge in [-0.1, -0.05) is 58.4 Å². The van der Waals surface area contributed by atoms with Crippen molar-refractivity contribution in [2.24, 2.45) is 0 Å².